The third kappa shape index (κ3) is 3.32. The molecule has 1 aromatic heterocycles. The fourth-order valence-corrected chi connectivity index (χ4v) is 2.87. The van der Waals surface area contributed by atoms with Gasteiger partial charge in [-0.2, -0.15) is 0 Å². The zero-order valence-electron chi connectivity index (χ0n) is 14.6. The molecule has 0 aliphatic heterocycles. The molecular formula is C21H16N4O2. The number of fused-ring (bicyclic) bond motifs is 1. The maximum atomic E-state index is 10.9. The van der Waals surface area contributed by atoms with E-state index >= 15 is 0 Å². The van der Waals surface area contributed by atoms with Gasteiger partial charge in [0.2, 0.25) is 0 Å². The highest BCUT2D eigenvalue weighted by Gasteiger charge is 2.12. The maximum Gasteiger partial charge on any atom is 0.269 e. The number of hydrogen-bond acceptors (Lipinski definition) is 5. The van der Waals surface area contributed by atoms with Gasteiger partial charge >= 0.3 is 0 Å². The van der Waals surface area contributed by atoms with Crippen LogP contribution in [-0.4, -0.2) is 14.9 Å². The van der Waals surface area contributed by atoms with Crippen molar-refractivity contribution in [3.63, 3.8) is 0 Å². The van der Waals surface area contributed by atoms with Crippen LogP contribution in [0.3, 0.4) is 0 Å². The summed E-state index contributed by atoms with van der Waals surface area (Å²) in [5.41, 5.74) is 3.64. The summed E-state index contributed by atoms with van der Waals surface area (Å²) in [5, 5.41) is 15.2. The minimum Gasteiger partial charge on any atom is -0.339 e. The van der Waals surface area contributed by atoms with Crippen molar-refractivity contribution in [2.24, 2.45) is 0 Å². The lowest BCUT2D eigenvalue weighted by molar-refractivity contribution is -0.384. The van der Waals surface area contributed by atoms with E-state index in [9.17, 15) is 10.1 Å². The monoisotopic (exact) mass is 356 g/mol. The van der Waals surface area contributed by atoms with E-state index in [1.807, 2.05) is 55.5 Å². The zero-order valence-corrected chi connectivity index (χ0v) is 14.6. The molecule has 0 amide bonds. The Morgan fingerprint density at radius 1 is 0.889 bits per heavy atom. The average molecular weight is 356 g/mol. The summed E-state index contributed by atoms with van der Waals surface area (Å²) in [6, 6.07) is 22.0. The molecule has 3 aromatic carbocycles. The van der Waals surface area contributed by atoms with Crippen molar-refractivity contribution in [3.8, 4) is 11.4 Å². The predicted octanol–water partition coefficient (Wildman–Crippen LogP) is 5.26. The smallest absolute Gasteiger partial charge is 0.269 e. The standard InChI is InChI=1S/C21H16N4O2/c1-14-6-2-4-8-18(14)22-21-17-7-3-5-9-19(17)23-20(24-21)15-10-12-16(13-11-15)25(26)27/h2-13H,1H3,(H,22,23,24). The summed E-state index contributed by atoms with van der Waals surface area (Å²) in [7, 11) is 0. The number of aryl methyl sites for hydroxylation is 1. The lowest BCUT2D eigenvalue weighted by atomic mass is 10.1. The Labute approximate surface area is 155 Å². The number of hydrogen-bond donors (Lipinski definition) is 1. The molecule has 0 radical (unpaired) electrons. The Hall–Kier alpha value is -3.80. The van der Waals surface area contributed by atoms with Crippen molar-refractivity contribution >= 4 is 28.1 Å². The Morgan fingerprint density at radius 2 is 1.59 bits per heavy atom. The molecule has 0 fully saturated rings. The van der Waals surface area contributed by atoms with E-state index < -0.39 is 4.92 Å². The lowest BCUT2D eigenvalue weighted by Crippen LogP contribution is -2.00. The van der Waals surface area contributed by atoms with Crippen molar-refractivity contribution in [1.29, 1.82) is 0 Å². The molecule has 0 bridgehead atoms. The average Bonchev–Trinajstić information content (AvgIpc) is 2.69. The van der Waals surface area contributed by atoms with Crippen LogP contribution in [0.4, 0.5) is 17.2 Å². The van der Waals surface area contributed by atoms with Gasteiger partial charge in [0.15, 0.2) is 5.82 Å². The van der Waals surface area contributed by atoms with Gasteiger partial charge in [0.25, 0.3) is 5.69 Å². The molecule has 4 rings (SSSR count). The largest absolute Gasteiger partial charge is 0.339 e. The van der Waals surface area contributed by atoms with Gasteiger partial charge in [0.1, 0.15) is 5.82 Å². The van der Waals surface area contributed by atoms with Crippen molar-refractivity contribution in [1.82, 2.24) is 9.97 Å². The molecule has 27 heavy (non-hydrogen) atoms. The molecule has 1 heterocycles. The van der Waals surface area contributed by atoms with Gasteiger partial charge in [0.05, 0.1) is 10.4 Å². The molecule has 0 aliphatic rings. The van der Waals surface area contributed by atoms with Crippen molar-refractivity contribution in [3.05, 3.63) is 88.5 Å². The van der Waals surface area contributed by atoms with Crippen LogP contribution >= 0.6 is 0 Å². The molecule has 0 saturated carbocycles. The third-order valence-corrected chi connectivity index (χ3v) is 4.34. The molecule has 6 heteroatoms. The van der Waals surface area contributed by atoms with E-state index in [1.54, 1.807) is 12.1 Å². The second-order valence-corrected chi connectivity index (χ2v) is 6.16. The highest BCUT2D eigenvalue weighted by Crippen LogP contribution is 2.29. The Morgan fingerprint density at radius 3 is 2.33 bits per heavy atom. The van der Waals surface area contributed by atoms with Crippen LogP contribution < -0.4 is 5.32 Å². The molecule has 0 aliphatic carbocycles. The zero-order chi connectivity index (χ0) is 18.8. The number of non-ortho nitro benzene ring substituents is 1. The SMILES string of the molecule is Cc1ccccc1Nc1nc(-c2ccc([N+](=O)[O-])cc2)nc2ccccc12. The van der Waals surface area contributed by atoms with E-state index in [0.29, 0.717) is 11.6 Å². The van der Waals surface area contributed by atoms with Crippen LogP contribution in [0.5, 0.6) is 0 Å². The quantitative estimate of drug-likeness (QED) is 0.398. The van der Waals surface area contributed by atoms with Gasteiger partial charge in [-0.05, 0) is 42.8 Å². The van der Waals surface area contributed by atoms with E-state index in [0.717, 1.165) is 27.7 Å². The summed E-state index contributed by atoms with van der Waals surface area (Å²) < 4.78 is 0. The number of benzene rings is 3. The van der Waals surface area contributed by atoms with Crippen molar-refractivity contribution in [2.45, 2.75) is 6.92 Å². The first-order valence-corrected chi connectivity index (χ1v) is 8.46. The second kappa shape index (κ2) is 6.84. The summed E-state index contributed by atoms with van der Waals surface area (Å²) in [4.78, 5) is 19.8. The third-order valence-electron chi connectivity index (χ3n) is 4.34. The summed E-state index contributed by atoms with van der Waals surface area (Å²) in [6.07, 6.45) is 0. The Balaban J connectivity index is 1.83. The van der Waals surface area contributed by atoms with Gasteiger partial charge in [0, 0.05) is 28.8 Å². The van der Waals surface area contributed by atoms with Gasteiger partial charge in [-0.3, -0.25) is 10.1 Å². The fourth-order valence-electron chi connectivity index (χ4n) is 2.87. The summed E-state index contributed by atoms with van der Waals surface area (Å²) in [5.74, 6) is 1.21. The van der Waals surface area contributed by atoms with E-state index in [2.05, 4.69) is 15.3 Å². The van der Waals surface area contributed by atoms with E-state index in [4.69, 9.17) is 0 Å². The predicted molar refractivity (Wildman–Crippen MR) is 106 cm³/mol. The van der Waals surface area contributed by atoms with Crippen LogP contribution in [0, 0.1) is 17.0 Å². The van der Waals surface area contributed by atoms with Crippen LogP contribution in [0.25, 0.3) is 22.3 Å². The van der Waals surface area contributed by atoms with Gasteiger partial charge < -0.3 is 5.32 Å². The molecule has 0 saturated heterocycles. The summed E-state index contributed by atoms with van der Waals surface area (Å²) in [6.45, 7) is 2.03. The first-order chi connectivity index (χ1) is 13.1. The molecule has 6 nitrogen and oxygen atoms in total. The van der Waals surface area contributed by atoms with Crippen LogP contribution in [-0.2, 0) is 0 Å². The van der Waals surface area contributed by atoms with Crippen molar-refractivity contribution in [2.75, 3.05) is 5.32 Å². The highest BCUT2D eigenvalue weighted by atomic mass is 16.6. The van der Waals surface area contributed by atoms with Gasteiger partial charge in [-0.1, -0.05) is 30.3 Å². The van der Waals surface area contributed by atoms with E-state index in [1.165, 1.54) is 12.1 Å². The minimum absolute atomic E-state index is 0.0396. The van der Waals surface area contributed by atoms with Crippen molar-refractivity contribution < 1.29 is 4.92 Å². The first kappa shape index (κ1) is 16.7. The minimum atomic E-state index is -0.420. The topological polar surface area (TPSA) is 81.0 Å². The number of aromatic nitrogens is 2. The van der Waals surface area contributed by atoms with E-state index in [-0.39, 0.29) is 5.69 Å². The number of para-hydroxylation sites is 2. The highest BCUT2D eigenvalue weighted by molar-refractivity contribution is 5.92. The molecule has 1 N–H and O–H groups in total. The molecular weight excluding hydrogens is 340 g/mol. The number of rotatable bonds is 4. The maximum absolute atomic E-state index is 10.9. The van der Waals surface area contributed by atoms with Crippen LogP contribution in [0.15, 0.2) is 72.8 Å². The lowest BCUT2D eigenvalue weighted by Gasteiger charge is -2.12. The second-order valence-electron chi connectivity index (χ2n) is 6.16. The normalized spacial score (nSPS) is 10.7. The molecule has 132 valence electrons. The van der Waals surface area contributed by atoms with Gasteiger partial charge in [-0.15, -0.1) is 0 Å². The Bertz CT molecular complexity index is 1140. The Kier molecular flexibility index (Phi) is 4.22. The van der Waals surface area contributed by atoms with Crippen LogP contribution in [0.2, 0.25) is 0 Å². The van der Waals surface area contributed by atoms with Gasteiger partial charge in [-0.25, -0.2) is 9.97 Å². The number of nitrogens with zero attached hydrogens (tertiary/aromatic N) is 3. The van der Waals surface area contributed by atoms with Crippen LogP contribution in [0.1, 0.15) is 5.56 Å². The molecule has 0 atom stereocenters. The fraction of sp³-hybridized carbons (Fsp3) is 0.0476. The molecule has 4 aromatic rings. The number of nitro groups is 1. The number of nitro benzene ring substituents is 1. The molecule has 0 spiro atoms. The number of nitrogens with one attached hydrogen (secondary N) is 1. The summed E-state index contributed by atoms with van der Waals surface area (Å²) >= 11 is 0. The molecule has 0 unspecified atom stereocenters. The number of anilines is 2. The first-order valence-electron chi connectivity index (χ1n) is 8.46.